The number of hydrogen-bond acceptors (Lipinski definition) is 7. The van der Waals surface area contributed by atoms with Crippen LogP contribution in [0.25, 0.3) is 0 Å². The molecule has 0 aliphatic carbocycles. The Morgan fingerprint density at radius 2 is 2.20 bits per heavy atom. The van der Waals surface area contributed by atoms with Crippen LogP contribution in [0, 0.1) is 11.3 Å². The van der Waals surface area contributed by atoms with Crippen LogP contribution in [0.3, 0.4) is 0 Å². The Balaban J connectivity index is 1.96. The lowest BCUT2D eigenvalue weighted by Gasteiger charge is -2.25. The summed E-state index contributed by atoms with van der Waals surface area (Å²) in [6.07, 6.45) is 0. The second-order valence-corrected chi connectivity index (χ2v) is 6.68. The summed E-state index contributed by atoms with van der Waals surface area (Å²) in [5.41, 5.74) is 7.07. The fourth-order valence-corrected chi connectivity index (χ4v) is 4.02. The van der Waals surface area contributed by atoms with Crippen molar-refractivity contribution in [1.82, 2.24) is 9.55 Å². The molecule has 2 N–H and O–H groups in total. The lowest BCUT2D eigenvalue weighted by molar-refractivity contribution is 0.365. The number of hydrogen-bond donors (Lipinski definition) is 1. The van der Waals surface area contributed by atoms with E-state index in [1.165, 1.54) is 11.8 Å². The fraction of sp³-hybridized carbons (Fsp3) is 0.235. The Labute approximate surface area is 147 Å². The number of aromatic nitrogens is 2. The van der Waals surface area contributed by atoms with E-state index in [1.54, 1.807) is 23.8 Å². The van der Waals surface area contributed by atoms with Gasteiger partial charge in [-0.2, -0.15) is 10.2 Å². The van der Waals surface area contributed by atoms with Gasteiger partial charge in [0.05, 0.1) is 18.6 Å². The van der Waals surface area contributed by atoms with E-state index in [9.17, 15) is 10.1 Å². The van der Waals surface area contributed by atoms with E-state index in [4.69, 9.17) is 15.2 Å². The third kappa shape index (κ3) is 2.36. The van der Waals surface area contributed by atoms with Crippen molar-refractivity contribution < 1.29 is 9.47 Å². The van der Waals surface area contributed by atoms with Gasteiger partial charge in [0.1, 0.15) is 17.4 Å². The summed E-state index contributed by atoms with van der Waals surface area (Å²) in [5, 5.41) is 10.2. The molecule has 1 atom stereocenters. The number of fused-ring (bicyclic) bond motifs is 2. The molecular formula is C17H14N4O3S. The zero-order chi connectivity index (χ0) is 17.6. The standard InChI is InChI=1S/C17H14N4O3S/c1-23-10-4-2-9(3-5-10)12-11(8-18)14(19)24-15-13(12)16(22)21-6-7-25-17(21)20-15/h2-5,12H,6-7,19H2,1H3. The topological polar surface area (TPSA) is 103 Å². The molecule has 3 heterocycles. The maximum Gasteiger partial charge on any atom is 0.262 e. The molecule has 0 bridgehead atoms. The summed E-state index contributed by atoms with van der Waals surface area (Å²) >= 11 is 1.50. The van der Waals surface area contributed by atoms with Crippen molar-refractivity contribution in [2.45, 2.75) is 17.6 Å². The molecule has 126 valence electrons. The number of allylic oxidation sites excluding steroid dienone is 1. The SMILES string of the molecule is COc1ccc(C2C(C#N)=C(N)Oc3nc4n(c(=O)c32)CCS4)cc1. The summed E-state index contributed by atoms with van der Waals surface area (Å²) in [6, 6.07) is 9.28. The summed E-state index contributed by atoms with van der Waals surface area (Å²) in [7, 11) is 1.58. The zero-order valence-electron chi connectivity index (χ0n) is 13.4. The van der Waals surface area contributed by atoms with Crippen molar-refractivity contribution in [2.75, 3.05) is 12.9 Å². The summed E-state index contributed by atoms with van der Waals surface area (Å²) in [6.45, 7) is 0.593. The summed E-state index contributed by atoms with van der Waals surface area (Å²) in [4.78, 5) is 17.5. The Hall–Kier alpha value is -2.92. The highest BCUT2D eigenvalue weighted by Crippen LogP contribution is 2.40. The molecule has 2 aliphatic heterocycles. The summed E-state index contributed by atoms with van der Waals surface area (Å²) in [5.74, 6) is 1.03. The molecule has 0 spiro atoms. The van der Waals surface area contributed by atoms with Crippen LogP contribution in [0.15, 0.2) is 45.7 Å². The van der Waals surface area contributed by atoms with Gasteiger partial charge >= 0.3 is 0 Å². The molecule has 1 aromatic heterocycles. The first-order chi connectivity index (χ1) is 12.1. The number of ether oxygens (including phenoxy) is 2. The molecule has 2 aliphatic rings. The second-order valence-electron chi connectivity index (χ2n) is 5.62. The van der Waals surface area contributed by atoms with E-state index in [0.29, 0.717) is 23.0 Å². The first kappa shape index (κ1) is 15.6. The quantitative estimate of drug-likeness (QED) is 0.817. The van der Waals surface area contributed by atoms with Crippen LogP contribution >= 0.6 is 11.8 Å². The number of nitrogens with zero attached hydrogens (tertiary/aromatic N) is 3. The molecule has 4 rings (SSSR count). The lowest BCUT2D eigenvalue weighted by atomic mass is 9.85. The van der Waals surface area contributed by atoms with Crippen LogP contribution in [-0.4, -0.2) is 22.4 Å². The minimum Gasteiger partial charge on any atom is -0.497 e. The van der Waals surface area contributed by atoms with Gasteiger partial charge in [-0.05, 0) is 17.7 Å². The normalized spacial score (nSPS) is 18.2. The first-order valence-corrected chi connectivity index (χ1v) is 8.61. The minimum absolute atomic E-state index is 0.0179. The molecule has 7 nitrogen and oxygen atoms in total. The van der Waals surface area contributed by atoms with E-state index in [2.05, 4.69) is 11.1 Å². The van der Waals surface area contributed by atoms with E-state index < -0.39 is 5.92 Å². The first-order valence-electron chi connectivity index (χ1n) is 7.63. The van der Waals surface area contributed by atoms with Gasteiger partial charge in [-0.15, -0.1) is 0 Å². The number of nitriles is 1. The van der Waals surface area contributed by atoms with E-state index in [0.717, 1.165) is 11.3 Å². The highest BCUT2D eigenvalue weighted by molar-refractivity contribution is 7.99. The Morgan fingerprint density at radius 1 is 1.44 bits per heavy atom. The van der Waals surface area contributed by atoms with E-state index in [1.807, 2.05) is 12.1 Å². The van der Waals surface area contributed by atoms with Crippen LogP contribution in [0.1, 0.15) is 17.0 Å². The maximum atomic E-state index is 13.0. The van der Waals surface area contributed by atoms with Crippen LogP contribution in [0.5, 0.6) is 11.6 Å². The molecular weight excluding hydrogens is 340 g/mol. The Kier molecular flexibility index (Phi) is 3.66. The van der Waals surface area contributed by atoms with Gasteiger partial charge in [0.2, 0.25) is 11.8 Å². The lowest BCUT2D eigenvalue weighted by Crippen LogP contribution is -2.32. The van der Waals surface area contributed by atoms with Gasteiger partial charge in [-0.1, -0.05) is 23.9 Å². The number of methoxy groups -OCH3 is 1. The smallest absolute Gasteiger partial charge is 0.262 e. The van der Waals surface area contributed by atoms with Gasteiger partial charge in [0.25, 0.3) is 5.56 Å². The highest BCUT2D eigenvalue weighted by Gasteiger charge is 2.36. The summed E-state index contributed by atoms with van der Waals surface area (Å²) < 4.78 is 12.3. The molecule has 0 fully saturated rings. The molecule has 1 aromatic carbocycles. The zero-order valence-corrected chi connectivity index (χ0v) is 14.2. The number of thioether (sulfide) groups is 1. The van der Waals surface area contributed by atoms with Gasteiger partial charge in [0, 0.05) is 12.3 Å². The van der Waals surface area contributed by atoms with Crippen molar-refractivity contribution in [3.05, 3.63) is 57.2 Å². The van der Waals surface area contributed by atoms with Crippen LogP contribution in [0.2, 0.25) is 0 Å². The molecule has 25 heavy (non-hydrogen) atoms. The molecule has 1 unspecified atom stereocenters. The van der Waals surface area contributed by atoms with Crippen molar-refractivity contribution >= 4 is 11.8 Å². The van der Waals surface area contributed by atoms with Crippen LogP contribution in [0.4, 0.5) is 0 Å². The second kappa shape index (κ2) is 5.86. The van der Waals surface area contributed by atoms with Gasteiger partial charge in [-0.3, -0.25) is 9.36 Å². The average molecular weight is 354 g/mol. The van der Waals surface area contributed by atoms with E-state index in [-0.39, 0.29) is 22.9 Å². The van der Waals surface area contributed by atoms with Crippen LogP contribution < -0.4 is 20.8 Å². The predicted molar refractivity (Wildman–Crippen MR) is 91.5 cm³/mol. The molecule has 0 saturated carbocycles. The Bertz CT molecular complexity index is 989. The van der Waals surface area contributed by atoms with Crippen molar-refractivity contribution in [3.63, 3.8) is 0 Å². The average Bonchev–Trinajstić information content (AvgIpc) is 3.09. The fourth-order valence-electron chi connectivity index (χ4n) is 3.09. The molecule has 0 amide bonds. The molecule has 2 aromatic rings. The van der Waals surface area contributed by atoms with Gasteiger partial charge in [-0.25, -0.2) is 0 Å². The minimum atomic E-state index is -0.608. The Morgan fingerprint density at radius 3 is 2.88 bits per heavy atom. The van der Waals surface area contributed by atoms with Crippen molar-refractivity contribution in [2.24, 2.45) is 5.73 Å². The van der Waals surface area contributed by atoms with Crippen molar-refractivity contribution in [1.29, 1.82) is 5.26 Å². The molecule has 0 radical (unpaired) electrons. The monoisotopic (exact) mass is 354 g/mol. The van der Waals surface area contributed by atoms with E-state index >= 15 is 0 Å². The number of nitrogens with two attached hydrogens (primary N) is 1. The van der Waals surface area contributed by atoms with Gasteiger partial charge in [0.15, 0.2) is 5.16 Å². The molecule has 8 heteroatoms. The maximum absolute atomic E-state index is 13.0. The third-order valence-corrected chi connectivity index (χ3v) is 5.26. The third-order valence-electron chi connectivity index (χ3n) is 4.30. The van der Waals surface area contributed by atoms with Gasteiger partial charge < -0.3 is 15.2 Å². The number of benzene rings is 1. The molecule has 0 saturated heterocycles. The number of rotatable bonds is 2. The highest BCUT2D eigenvalue weighted by atomic mass is 32.2. The predicted octanol–water partition coefficient (Wildman–Crippen LogP) is 1.58. The van der Waals surface area contributed by atoms with Crippen molar-refractivity contribution in [3.8, 4) is 17.7 Å². The largest absolute Gasteiger partial charge is 0.497 e. The van der Waals surface area contributed by atoms with Crippen LogP contribution in [-0.2, 0) is 6.54 Å².